The largest absolute Gasteiger partial charge is 0.462 e. The van der Waals surface area contributed by atoms with Gasteiger partial charge in [-0.3, -0.25) is 14.4 Å². The van der Waals surface area contributed by atoms with E-state index in [1.165, 1.54) is 347 Å². The zero-order valence-corrected chi connectivity index (χ0v) is 56.8. The first-order valence-electron chi connectivity index (χ1n) is 38.2. The van der Waals surface area contributed by atoms with Crippen LogP contribution in [0, 0.1) is 0 Å². The predicted molar refractivity (Wildman–Crippen MR) is 363 cm³/mol. The summed E-state index contributed by atoms with van der Waals surface area (Å²) in [6.45, 7) is 6.72. The number of unbranched alkanes of at least 4 members (excludes halogenated alkanes) is 59. The lowest BCUT2D eigenvalue weighted by Gasteiger charge is -2.18. The van der Waals surface area contributed by atoms with Gasteiger partial charge in [0.1, 0.15) is 13.2 Å². The van der Waals surface area contributed by atoms with E-state index < -0.39 is 6.10 Å². The molecule has 0 amide bonds. The normalized spacial score (nSPS) is 12.0. The molecule has 0 aliphatic rings. The van der Waals surface area contributed by atoms with E-state index in [1.54, 1.807) is 0 Å². The Morgan fingerprint density at radius 2 is 0.398 bits per heavy atom. The Balaban J connectivity index is 4.00. The topological polar surface area (TPSA) is 78.9 Å². The molecule has 492 valence electrons. The third kappa shape index (κ3) is 70.8. The minimum Gasteiger partial charge on any atom is -0.462 e. The van der Waals surface area contributed by atoms with Crippen molar-refractivity contribution in [1.82, 2.24) is 0 Å². The van der Waals surface area contributed by atoms with Gasteiger partial charge in [0, 0.05) is 19.3 Å². The van der Waals surface area contributed by atoms with Crippen LogP contribution in [-0.4, -0.2) is 37.2 Å². The van der Waals surface area contributed by atoms with Crippen molar-refractivity contribution in [2.24, 2.45) is 0 Å². The number of allylic oxidation sites excluding steroid dienone is 2. The Kier molecular flexibility index (Phi) is 71.0. The lowest BCUT2D eigenvalue weighted by atomic mass is 10.0. The third-order valence-electron chi connectivity index (χ3n) is 17.8. The first-order valence-corrected chi connectivity index (χ1v) is 38.2. The van der Waals surface area contributed by atoms with E-state index in [1.807, 2.05) is 0 Å². The van der Waals surface area contributed by atoms with Crippen molar-refractivity contribution >= 4 is 17.9 Å². The number of esters is 3. The van der Waals surface area contributed by atoms with Crippen LogP contribution in [0.2, 0.25) is 0 Å². The average Bonchev–Trinajstić information content (AvgIpc) is 3.49. The smallest absolute Gasteiger partial charge is 0.306 e. The van der Waals surface area contributed by atoms with Crippen molar-refractivity contribution in [2.75, 3.05) is 13.2 Å². The maximum atomic E-state index is 12.9. The lowest BCUT2D eigenvalue weighted by molar-refractivity contribution is -0.167. The molecule has 0 N–H and O–H groups in total. The fraction of sp³-hybridized carbons (Fsp3) is 0.935. The molecule has 0 radical (unpaired) electrons. The van der Waals surface area contributed by atoms with Gasteiger partial charge in [-0.05, 0) is 44.9 Å². The number of carbonyl (C=O) groups excluding carboxylic acids is 3. The standard InChI is InChI=1S/C77H148O6/c1-4-7-10-13-16-19-22-24-26-28-30-32-33-34-35-36-37-38-39-40-41-42-43-44-45-46-48-49-51-53-55-58-61-64-67-70-76(79)82-73-74(72-81-75(78)69-66-63-60-57-21-18-15-12-9-6-3)83-77(80)71-68-65-62-59-56-54-52-50-47-31-29-27-25-23-20-17-14-11-8-5-2/h28,30,74H,4-27,29,31-73H2,1-3H3/b30-28-. The van der Waals surface area contributed by atoms with E-state index in [0.717, 1.165) is 57.8 Å². The highest BCUT2D eigenvalue weighted by molar-refractivity contribution is 5.71. The van der Waals surface area contributed by atoms with E-state index in [9.17, 15) is 14.4 Å². The van der Waals surface area contributed by atoms with Crippen LogP contribution in [0.3, 0.4) is 0 Å². The van der Waals surface area contributed by atoms with Crippen molar-refractivity contribution in [2.45, 2.75) is 451 Å². The molecule has 0 saturated carbocycles. The van der Waals surface area contributed by atoms with Crippen LogP contribution in [0.1, 0.15) is 445 Å². The fourth-order valence-electron chi connectivity index (χ4n) is 12.0. The van der Waals surface area contributed by atoms with Crippen LogP contribution in [-0.2, 0) is 28.6 Å². The Bertz CT molecular complexity index is 1300. The van der Waals surface area contributed by atoms with E-state index >= 15 is 0 Å². The van der Waals surface area contributed by atoms with Gasteiger partial charge in [-0.1, -0.05) is 392 Å². The molecule has 0 heterocycles. The summed E-state index contributed by atoms with van der Waals surface area (Å²) in [4.78, 5) is 38.4. The van der Waals surface area contributed by atoms with E-state index in [-0.39, 0.29) is 31.1 Å². The highest BCUT2D eigenvalue weighted by Crippen LogP contribution is 2.20. The molecule has 1 atom stereocenters. The summed E-state index contributed by atoms with van der Waals surface area (Å²) in [5.41, 5.74) is 0. The number of hydrogen-bond donors (Lipinski definition) is 0. The maximum absolute atomic E-state index is 12.9. The van der Waals surface area contributed by atoms with E-state index in [2.05, 4.69) is 32.9 Å². The minimum absolute atomic E-state index is 0.0616. The molecule has 83 heavy (non-hydrogen) atoms. The summed E-state index contributed by atoms with van der Waals surface area (Å²) >= 11 is 0. The summed E-state index contributed by atoms with van der Waals surface area (Å²) < 4.78 is 17.0. The Morgan fingerprint density at radius 3 is 0.602 bits per heavy atom. The summed E-state index contributed by atoms with van der Waals surface area (Å²) in [6, 6.07) is 0. The number of rotatable bonds is 72. The van der Waals surface area contributed by atoms with Gasteiger partial charge >= 0.3 is 17.9 Å². The molecule has 0 aromatic heterocycles. The highest BCUT2D eigenvalue weighted by Gasteiger charge is 2.20. The van der Waals surface area contributed by atoms with Crippen molar-refractivity contribution in [3.63, 3.8) is 0 Å². The highest BCUT2D eigenvalue weighted by atomic mass is 16.6. The van der Waals surface area contributed by atoms with Gasteiger partial charge in [-0.15, -0.1) is 0 Å². The predicted octanol–water partition coefficient (Wildman–Crippen LogP) is 26.3. The van der Waals surface area contributed by atoms with Crippen LogP contribution >= 0.6 is 0 Å². The van der Waals surface area contributed by atoms with Crippen LogP contribution < -0.4 is 0 Å². The van der Waals surface area contributed by atoms with Crippen LogP contribution in [0.15, 0.2) is 12.2 Å². The quantitative estimate of drug-likeness (QED) is 0.0261. The van der Waals surface area contributed by atoms with Gasteiger partial charge in [0.05, 0.1) is 0 Å². The first-order chi connectivity index (χ1) is 41.0. The van der Waals surface area contributed by atoms with Crippen LogP contribution in [0.4, 0.5) is 0 Å². The second-order valence-corrected chi connectivity index (χ2v) is 26.3. The van der Waals surface area contributed by atoms with Gasteiger partial charge in [0.15, 0.2) is 6.10 Å². The fourth-order valence-corrected chi connectivity index (χ4v) is 12.0. The minimum atomic E-state index is -0.764. The molecule has 0 bridgehead atoms. The zero-order chi connectivity index (χ0) is 59.9. The second-order valence-electron chi connectivity index (χ2n) is 26.3. The summed E-state index contributed by atoms with van der Waals surface area (Å²) in [5, 5.41) is 0. The number of carbonyl (C=O) groups is 3. The molecule has 0 saturated heterocycles. The van der Waals surface area contributed by atoms with Crippen LogP contribution in [0.5, 0.6) is 0 Å². The monoisotopic (exact) mass is 1170 g/mol. The second kappa shape index (κ2) is 72.6. The Labute approximate surface area is 520 Å². The summed E-state index contributed by atoms with van der Waals surface area (Å²) in [7, 11) is 0. The Hall–Kier alpha value is -1.85. The zero-order valence-electron chi connectivity index (χ0n) is 56.8. The summed E-state index contributed by atoms with van der Waals surface area (Å²) in [5.74, 6) is -0.826. The van der Waals surface area contributed by atoms with Gasteiger partial charge in [-0.2, -0.15) is 0 Å². The Morgan fingerprint density at radius 1 is 0.229 bits per heavy atom. The van der Waals surface area contributed by atoms with Crippen LogP contribution in [0.25, 0.3) is 0 Å². The molecular weight excluding hydrogens is 1020 g/mol. The maximum Gasteiger partial charge on any atom is 0.306 e. The molecule has 0 spiro atoms. The summed E-state index contributed by atoms with van der Waals surface area (Å²) in [6.07, 6.45) is 88.6. The number of ether oxygens (including phenoxy) is 3. The molecule has 0 aromatic carbocycles. The molecule has 0 fully saturated rings. The molecule has 1 unspecified atom stereocenters. The first kappa shape index (κ1) is 81.2. The average molecular weight is 1170 g/mol. The molecule has 0 aromatic rings. The van der Waals surface area contributed by atoms with Gasteiger partial charge in [0.25, 0.3) is 0 Å². The molecule has 6 heteroatoms. The van der Waals surface area contributed by atoms with Crippen molar-refractivity contribution < 1.29 is 28.6 Å². The molecule has 0 aliphatic heterocycles. The molecule has 0 aliphatic carbocycles. The molecule has 0 rings (SSSR count). The van der Waals surface area contributed by atoms with Gasteiger partial charge in [-0.25, -0.2) is 0 Å². The lowest BCUT2D eigenvalue weighted by Crippen LogP contribution is -2.30. The van der Waals surface area contributed by atoms with Gasteiger partial charge < -0.3 is 14.2 Å². The van der Waals surface area contributed by atoms with Gasteiger partial charge in [0.2, 0.25) is 0 Å². The van der Waals surface area contributed by atoms with Crippen molar-refractivity contribution in [1.29, 1.82) is 0 Å². The third-order valence-corrected chi connectivity index (χ3v) is 17.8. The van der Waals surface area contributed by atoms with Crippen molar-refractivity contribution in [3.05, 3.63) is 12.2 Å². The van der Waals surface area contributed by atoms with Crippen molar-refractivity contribution in [3.8, 4) is 0 Å². The molecular formula is C77H148O6. The van der Waals surface area contributed by atoms with E-state index in [4.69, 9.17) is 14.2 Å². The van der Waals surface area contributed by atoms with E-state index in [0.29, 0.717) is 19.3 Å². The molecule has 6 nitrogen and oxygen atoms in total. The number of hydrogen-bond acceptors (Lipinski definition) is 6. The SMILES string of the molecule is CCCCCCCCCC/C=C\CCCCCCCCCCCCCCCCCCCCCCCCCC(=O)OCC(COC(=O)CCCCCCCCCCCC)OC(=O)CCCCCCCCCCCCCCCCCCCCCC.